The standard InChI is InChI=1S/C20H22ClN3O2/c1-14-11-15-5-3-4-6-18(15)24(14)20(26)13-23(2)12-19(25)22-17-9-7-16(21)8-10-17/h3-10,14H,11-13H2,1-2H3,(H,22,25)/t14-/m0/s1. The molecular weight excluding hydrogens is 350 g/mol. The Balaban J connectivity index is 1.56. The Hall–Kier alpha value is -2.37. The van der Waals surface area contributed by atoms with Gasteiger partial charge in [0.05, 0.1) is 13.1 Å². The Labute approximate surface area is 158 Å². The molecule has 26 heavy (non-hydrogen) atoms. The van der Waals surface area contributed by atoms with Gasteiger partial charge in [-0.05, 0) is 56.3 Å². The molecule has 1 aliphatic heterocycles. The minimum absolute atomic E-state index is 0.00393. The monoisotopic (exact) mass is 371 g/mol. The molecule has 0 fully saturated rings. The molecule has 0 unspecified atom stereocenters. The Morgan fingerprint density at radius 2 is 1.85 bits per heavy atom. The number of anilines is 2. The van der Waals surface area contributed by atoms with Crippen LogP contribution in [0.3, 0.4) is 0 Å². The third kappa shape index (κ3) is 4.23. The maximum Gasteiger partial charge on any atom is 0.241 e. The molecule has 2 aromatic carbocycles. The average Bonchev–Trinajstić information content (AvgIpc) is 2.92. The van der Waals surface area contributed by atoms with Gasteiger partial charge in [0, 0.05) is 22.4 Å². The highest BCUT2D eigenvalue weighted by atomic mass is 35.5. The van der Waals surface area contributed by atoms with E-state index in [9.17, 15) is 9.59 Å². The van der Waals surface area contributed by atoms with E-state index in [1.165, 1.54) is 5.56 Å². The quantitative estimate of drug-likeness (QED) is 0.878. The van der Waals surface area contributed by atoms with Gasteiger partial charge in [0.1, 0.15) is 0 Å². The van der Waals surface area contributed by atoms with Crippen LogP contribution in [0.2, 0.25) is 5.02 Å². The lowest BCUT2D eigenvalue weighted by atomic mass is 10.1. The highest BCUT2D eigenvalue weighted by Crippen LogP contribution is 2.31. The van der Waals surface area contributed by atoms with Crippen molar-refractivity contribution in [3.8, 4) is 0 Å². The molecule has 1 N–H and O–H groups in total. The summed E-state index contributed by atoms with van der Waals surface area (Å²) in [6.45, 7) is 2.37. The van der Waals surface area contributed by atoms with Crippen LogP contribution in [0.4, 0.5) is 11.4 Å². The fourth-order valence-corrected chi connectivity index (χ4v) is 3.41. The highest BCUT2D eigenvalue weighted by Gasteiger charge is 2.30. The van der Waals surface area contributed by atoms with Gasteiger partial charge in [0.2, 0.25) is 11.8 Å². The summed E-state index contributed by atoms with van der Waals surface area (Å²) in [5.41, 5.74) is 2.85. The molecule has 0 saturated carbocycles. The number of para-hydroxylation sites is 1. The maximum absolute atomic E-state index is 12.7. The normalized spacial score (nSPS) is 15.8. The van der Waals surface area contributed by atoms with E-state index in [-0.39, 0.29) is 30.9 Å². The molecule has 3 rings (SSSR count). The van der Waals surface area contributed by atoms with E-state index < -0.39 is 0 Å². The summed E-state index contributed by atoms with van der Waals surface area (Å²) in [5.74, 6) is -0.165. The molecule has 0 saturated heterocycles. The van der Waals surface area contributed by atoms with E-state index in [4.69, 9.17) is 11.6 Å². The minimum atomic E-state index is -0.169. The first-order valence-corrected chi connectivity index (χ1v) is 8.96. The lowest BCUT2D eigenvalue weighted by molar-refractivity contribution is -0.121. The molecule has 0 bridgehead atoms. The smallest absolute Gasteiger partial charge is 0.241 e. The zero-order valence-electron chi connectivity index (χ0n) is 14.9. The molecule has 0 spiro atoms. The summed E-state index contributed by atoms with van der Waals surface area (Å²) in [7, 11) is 1.77. The number of rotatable bonds is 5. The first-order valence-electron chi connectivity index (χ1n) is 8.58. The van der Waals surface area contributed by atoms with Crippen LogP contribution in [0.5, 0.6) is 0 Å². The largest absolute Gasteiger partial charge is 0.325 e. The lowest BCUT2D eigenvalue weighted by Crippen LogP contribution is -2.43. The van der Waals surface area contributed by atoms with Crippen molar-refractivity contribution in [2.75, 3.05) is 30.4 Å². The van der Waals surface area contributed by atoms with E-state index in [2.05, 4.69) is 11.4 Å². The fraction of sp³-hybridized carbons (Fsp3) is 0.300. The van der Waals surface area contributed by atoms with Gasteiger partial charge in [-0.1, -0.05) is 29.8 Å². The SMILES string of the molecule is C[C@H]1Cc2ccccc2N1C(=O)CN(C)CC(=O)Nc1ccc(Cl)cc1. The molecule has 0 radical (unpaired) electrons. The molecule has 136 valence electrons. The molecular formula is C20H22ClN3O2. The predicted octanol–water partition coefficient (Wildman–Crippen LogP) is 3.19. The summed E-state index contributed by atoms with van der Waals surface area (Å²) >= 11 is 5.84. The van der Waals surface area contributed by atoms with Crippen LogP contribution in [0.1, 0.15) is 12.5 Å². The molecule has 1 aliphatic rings. The van der Waals surface area contributed by atoms with Crippen molar-refractivity contribution < 1.29 is 9.59 Å². The molecule has 2 amide bonds. The number of nitrogens with zero attached hydrogens (tertiary/aromatic N) is 2. The van der Waals surface area contributed by atoms with Gasteiger partial charge in [0.15, 0.2) is 0 Å². The van der Waals surface area contributed by atoms with E-state index in [1.807, 2.05) is 30.0 Å². The van der Waals surface area contributed by atoms with Crippen molar-refractivity contribution in [2.45, 2.75) is 19.4 Å². The Kier molecular flexibility index (Phi) is 5.59. The summed E-state index contributed by atoms with van der Waals surface area (Å²) < 4.78 is 0. The molecule has 2 aromatic rings. The van der Waals surface area contributed by atoms with Gasteiger partial charge in [-0.15, -0.1) is 0 Å². The van der Waals surface area contributed by atoms with Gasteiger partial charge < -0.3 is 10.2 Å². The third-order valence-corrected chi connectivity index (χ3v) is 4.67. The van der Waals surface area contributed by atoms with Crippen LogP contribution in [-0.2, 0) is 16.0 Å². The van der Waals surface area contributed by atoms with Crippen molar-refractivity contribution in [1.29, 1.82) is 0 Å². The number of hydrogen-bond donors (Lipinski definition) is 1. The van der Waals surface area contributed by atoms with Crippen LogP contribution >= 0.6 is 11.6 Å². The van der Waals surface area contributed by atoms with Crippen LogP contribution in [0, 0.1) is 0 Å². The number of carbonyl (C=O) groups excluding carboxylic acids is 2. The summed E-state index contributed by atoms with van der Waals surface area (Å²) in [6.07, 6.45) is 0.864. The molecule has 0 aliphatic carbocycles. The zero-order chi connectivity index (χ0) is 18.7. The lowest BCUT2D eigenvalue weighted by Gasteiger charge is -2.25. The van der Waals surface area contributed by atoms with Gasteiger partial charge in [-0.25, -0.2) is 0 Å². The van der Waals surface area contributed by atoms with E-state index in [0.29, 0.717) is 10.7 Å². The number of halogens is 1. The number of likely N-dealkylation sites (N-methyl/N-ethyl adjacent to an activating group) is 1. The van der Waals surface area contributed by atoms with Crippen LogP contribution in [0.15, 0.2) is 48.5 Å². The minimum Gasteiger partial charge on any atom is -0.325 e. The molecule has 1 atom stereocenters. The van der Waals surface area contributed by atoms with Gasteiger partial charge in [0.25, 0.3) is 0 Å². The number of carbonyl (C=O) groups is 2. The van der Waals surface area contributed by atoms with E-state index in [1.54, 1.807) is 36.2 Å². The topological polar surface area (TPSA) is 52.7 Å². The Bertz CT molecular complexity index is 807. The third-order valence-electron chi connectivity index (χ3n) is 4.42. The van der Waals surface area contributed by atoms with Gasteiger partial charge in [-0.2, -0.15) is 0 Å². The molecule has 5 nitrogen and oxygen atoms in total. The second kappa shape index (κ2) is 7.89. The van der Waals surface area contributed by atoms with Gasteiger partial charge in [-0.3, -0.25) is 14.5 Å². The van der Waals surface area contributed by atoms with Crippen LogP contribution in [-0.4, -0.2) is 42.9 Å². The van der Waals surface area contributed by atoms with Crippen molar-refractivity contribution in [3.63, 3.8) is 0 Å². The van der Waals surface area contributed by atoms with Crippen molar-refractivity contribution >= 4 is 34.8 Å². The maximum atomic E-state index is 12.7. The second-order valence-electron chi connectivity index (χ2n) is 6.67. The van der Waals surface area contributed by atoms with Crippen molar-refractivity contribution in [1.82, 2.24) is 4.90 Å². The van der Waals surface area contributed by atoms with E-state index >= 15 is 0 Å². The Morgan fingerprint density at radius 3 is 2.58 bits per heavy atom. The number of amides is 2. The second-order valence-corrected chi connectivity index (χ2v) is 7.11. The first-order chi connectivity index (χ1) is 12.4. The Morgan fingerprint density at radius 1 is 1.15 bits per heavy atom. The zero-order valence-corrected chi connectivity index (χ0v) is 15.7. The molecule has 1 heterocycles. The number of benzene rings is 2. The summed E-state index contributed by atoms with van der Waals surface area (Å²) in [4.78, 5) is 28.5. The fourth-order valence-electron chi connectivity index (χ4n) is 3.29. The molecule has 0 aromatic heterocycles. The van der Waals surface area contributed by atoms with Crippen molar-refractivity contribution in [2.24, 2.45) is 0 Å². The van der Waals surface area contributed by atoms with Crippen molar-refractivity contribution in [3.05, 3.63) is 59.1 Å². The average molecular weight is 372 g/mol. The van der Waals surface area contributed by atoms with Crippen LogP contribution in [0.25, 0.3) is 0 Å². The first kappa shape index (κ1) is 18.4. The van der Waals surface area contributed by atoms with E-state index in [0.717, 1.165) is 12.1 Å². The summed E-state index contributed by atoms with van der Waals surface area (Å²) in [5, 5.41) is 3.42. The number of nitrogens with one attached hydrogen (secondary N) is 1. The predicted molar refractivity (Wildman–Crippen MR) is 105 cm³/mol. The highest BCUT2D eigenvalue weighted by molar-refractivity contribution is 6.30. The number of hydrogen-bond acceptors (Lipinski definition) is 3. The summed E-state index contributed by atoms with van der Waals surface area (Å²) in [6, 6.07) is 15.0. The van der Waals surface area contributed by atoms with Gasteiger partial charge >= 0.3 is 0 Å². The van der Waals surface area contributed by atoms with Crippen LogP contribution < -0.4 is 10.2 Å². The number of fused-ring (bicyclic) bond motifs is 1. The molecule has 6 heteroatoms.